The molecule has 150 valence electrons. The highest BCUT2D eigenvalue weighted by Gasteiger charge is 2.14. The number of carboxylic acid groups (broad SMARTS) is 1. The first-order chi connectivity index (χ1) is 14.7. The van der Waals surface area contributed by atoms with Crippen LogP contribution in [0.5, 0.6) is 5.75 Å². The molecule has 4 aromatic carbocycles. The van der Waals surface area contributed by atoms with Gasteiger partial charge < -0.3 is 15.2 Å². The average molecular weight is 397 g/mol. The number of rotatable bonds is 8. The van der Waals surface area contributed by atoms with Crippen LogP contribution in [0.25, 0.3) is 10.8 Å². The number of nitrogens with one attached hydrogen (secondary N) is 1. The normalized spacial score (nSPS) is 11.0. The average Bonchev–Trinajstić information content (AvgIpc) is 2.79. The zero-order valence-corrected chi connectivity index (χ0v) is 16.5. The van der Waals surface area contributed by atoms with Gasteiger partial charge in [0, 0.05) is 11.9 Å². The number of carboxylic acids is 1. The zero-order valence-electron chi connectivity index (χ0n) is 16.5. The number of carbonyl (C=O) groups is 1. The Bertz CT molecular complexity index is 1090. The van der Waals surface area contributed by atoms with Gasteiger partial charge in [0.05, 0.1) is 6.04 Å². The fourth-order valence-electron chi connectivity index (χ4n) is 3.70. The van der Waals surface area contributed by atoms with Gasteiger partial charge in [-0.15, -0.1) is 0 Å². The fraction of sp³-hybridized carbons (Fsp3) is 0.115. The van der Waals surface area contributed by atoms with Crippen molar-refractivity contribution in [2.75, 3.05) is 6.61 Å². The monoisotopic (exact) mass is 397 g/mol. The highest BCUT2D eigenvalue weighted by Crippen LogP contribution is 2.29. The van der Waals surface area contributed by atoms with E-state index in [0.717, 1.165) is 16.3 Å². The first-order valence-corrected chi connectivity index (χ1v) is 9.91. The molecule has 4 nitrogen and oxygen atoms in total. The Kier molecular flexibility index (Phi) is 6.06. The molecule has 30 heavy (non-hydrogen) atoms. The lowest BCUT2D eigenvalue weighted by molar-refractivity contribution is -0.139. The summed E-state index contributed by atoms with van der Waals surface area (Å²) >= 11 is 0. The van der Waals surface area contributed by atoms with Crippen LogP contribution in [0.2, 0.25) is 0 Å². The molecule has 2 N–H and O–H groups in total. The Labute approximate surface area is 175 Å². The lowest BCUT2D eigenvalue weighted by Crippen LogP contribution is -2.22. The molecule has 0 aromatic heterocycles. The van der Waals surface area contributed by atoms with Gasteiger partial charge in [-0.05, 0) is 28.1 Å². The standard InChI is InChI=1S/C26H23NO3/c28-25(29)18-30-24-16-8-14-22-21(13-7-15-23(22)24)17-27-26(19-9-3-1-4-10-19)20-11-5-2-6-12-20/h1-16,26-27H,17-18H2,(H,28,29). The number of benzene rings is 4. The molecule has 0 radical (unpaired) electrons. The van der Waals surface area contributed by atoms with E-state index < -0.39 is 5.97 Å². The summed E-state index contributed by atoms with van der Waals surface area (Å²) in [6.07, 6.45) is 0. The Morgan fingerprint density at radius 3 is 2.00 bits per heavy atom. The van der Waals surface area contributed by atoms with Crippen molar-refractivity contribution in [3.05, 3.63) is 114 Å². The molecule has 0 spiro atoms. The molecule has 0 heterocycles. The molecule has 4 rings (SSSR count). The molecule has 0 aliphatic heterocycles. The summed E-state index contributed by atoms with van der Waals surface area (Å²) in [6, 6.07) is 32.6. The van der Waals surface area contributed by atoms with Crippen molar-refractivity contribution in [1.29, 1.82) is 0 Å². The Balaban J connectivity index is 1.63. The number of hydrogen-bond donors (Lipinski definition) is 2. The summed E-state index contributed by atoms with van der Waals surface area (Å²) in [5.74, 6) is -0.405. The van der Waals surface area contributed by atoms with E-state index in [1.54, 1.807) is 6.07 Å². The maximum Gasteiger partial charge on any atom is 0.341 e. The van der Waals surface area contributed by atoms with Crippen molar-refractivity contribution in [2.45, 2.75) is 12.6 Å². The largest absolute Gasteiger partial charge is 0.481 e. The predicted octanol–water partition coefficient (Wildman–Crippen LogP) is 5.18. The smallest absolute Gasteiger partial charge is 0.341 e. The van der Waals surface area contributed by atoms with Crippen molar-refractivity contribution in [3.8, 4) is 5.75 Å². The van der Waals surface area contributed by atoms with Gasteiger partial charge in [-0.3, -0.25) is 0 Å². The zero-order chi connectivity index (χ0) is 20.8. The van der Waals surface area contributed by atoms with Gasteiger partial charge in [0.1, 0.15) is 5.75 Å². The van der Waals surface area contributed by atoms with Gasteiger partial charge in [-0.25, -0.2) is 4.79 Å². The molecule has 4 heteroatoms. The third kappa shape index (κ3) is 4.50. The Hall–Kier alpha value is -3.63. The minimum Gasteiger partial charge on any atom is -0.481 e. The van der Waals surface area contributed by atoms with Crippen LogP contribution >= 0.6 is 0 Å². The first-order valence-electron chi connectivity index (χ1n) is 9.91. The third-order valence-corrected chi connectivity index (χ3v) is 5.09. The molecule has 0 saturated heterocycles. The third-order valence-electron chi connectivity index (χ3n) is 5.09. The lowest BCUT2D eigenvalue weighted by atomic mass is 9.97. The van der Waals surface area contributed by atoms with E-state index in [-0.39, 0.29) is 12.6 Å². The minimum absolute atomic E-state index is 0.0640. The van der Waals surface area contributed by atoms with Crippen LogP contribution in [0.3, 0.4) is 0 Å². The van der Waals surface area contributed by atoms with Crippen LogP contribution in [0, 0.1) is 0 Å². The fourth-order valence-corrected chi connectivity index (χ4v) is 3.70. The van der Waals surface area contributed by atoms with E-state index in [1.165, 1.54) is 11.1 Å². The second-order valence-electron chi connectivity index (χ2n) is 7.09. The van der Waals surface area contributed by atoms with Crippen LogP contribution in [-0.4, -0.2) is 17.7 Å². The maximum atomic E-state index is 10.9. The van der Waals surface area contributed by atoms with Gasteiger partial charge in [-0.2, -0.15) is 0 Å². The summed E-state index contributed by atoms with van der Waals surface area (Å²) in [7, 11) is 0. The van der Waals surface area contributed by atoms with Gasteiger partial charge in [0.25, 0.3) is 0 Å². The van der Waals surface area contributed by atoms with E-state index in [0.29, 0.717) is 12.3 Å². The molecular formula is C26H23NO3. The van der Waals surface area contributed by atoms with Gasteiger partial charge in [-0.1, -0.05) is 91.0 Å². The molecule has 0 unspecified atom stereocenters. The van der Waals surface area contributed by atoms with E-state index >= 15 is 0 Å². The van der Waals surface area contributed by atoms with E-state index in [4.69, 9.17) is 9.84 Å². The van der Waals surface area contributed by atoms with Crippen molar-refractivity contribution in [1.82, 2.24) is 5.32 Å². The molecule has 0 aliphatic rings. The molecule has 4 aromatic rings. The van der Waals surface area contributed by atoms with Crippen molar-refractivity contribution in [2.24, 2.45) is 0 Å². The van der Waals surface area contributed by atoms with Crippen molar-refractivity contribution < 1.29 is 14.6 Å². The molecule has 0 bridgehead atoms. The molecule has 0 atom stereocenters. The van der Waals surface area contributed by atoms with Crippen LogP contribution in [0.15, 0.2) is 97.1 Å². The molecule has 0 aliphatic carbocycles. The first kappa shape index (κ1) is 19.7. The van der Waals surface area contributed by atoms with E-state index in [1.807, 2.05) is 36.4 Å². The number of aliphatic carboxylic acids is 1. The van der Waals surface area contributed by atoms with Crippen molar-refractivity contribution >= 4 is 16.7 Å². The summed E-state index contributed by atoms with van der Waals surface area (Å²) in [4.78, 5) is 10.9. The van der Waals surface area contributed by atoms with Gasteiger partial charge in [0.2, 0.25) is 0 Å². The molecule has 0 fully saturated rings. The topological polar surface area (TPSA) is 58.6 Å². The van der Waals surface area contributed by atoms with Crippen LogP contribution in [-0.2, 0) is 11.3 Å². The van der Waals surface area contributed by atoms with Crippen LogP contribution in [0.4, 0.5) is 0 Å². The lowest BCUT2D eigenvalue weighted by Gasteiger charge is -2.21. The summed E-state index contributed by atoms with van der Waals surface area (Å²) in [5, 5.41) is 14.6. The predicted molar refractivity (Wildman–Crippen MR) is 119 cm³/mol. The number of fused-ring (bicyclic) bond motifs is 1. The van der Waals surface area contributed by atoms with Gasteiger partial charge >= 0.3 is 5.97 Å². The summed E-state index contributed by atoms with van der Waals surface area (Å²) in [5.41, 5.74) is 3.54. The van der Waals surface area contributed by atoms with Crippen LogP contribution < -0.4 is 10.1 Å². The number of ether oxygens (including phenoxy) is 1. The maximum absolute atomic E-state index is 10.9. The second kappa shape index (κ2) is 9.25. The number of hydrogen-bond acceptors (Lipinski definition) is 3. The quantitative estimate of drug-likeness (QED) is 0.430. The van der Waals surface area contributed by atoms with Crippen LogP contribution in [0.1, 0.15) is 22.7 Å². The van der Waals surface area contributed by atoms with E-state index in [2.05, 4.69) is 59.9 Å². The van der Waals surface area contributed by atoms with E-state index in [9.17, 15) is 4.79 Å². The second-order valence-corrected chi connectivity index (χ2v) is 7.09. The van der Waals surface area contributed by atoms with Crippen molar-refractivity contribution in [3.63, 3.8) is 0 Å². The highest BCUT2D eigenvalue weighted by atomic mass is 16.5. The Morgan fingerprint density at radius 1 is 0.767 bits per heavy atom. The highest BCUT2D eigenvalue weighted by molar-refractivity contribution is 5.91. The SMILES string of the molecule is O=C(O)COc1cccc2c(CNC(c3ccccc3)c3ccccc3)cccc12. The molecule has 0 amide bonds. The van der Waals surface area contributed by atoms with Gasteiger partial charge in [0.15, 0.2) is 6.61 Å². The summed E-state index contributed by atoms with van der Waals surface area (Å²) < 4.78 is 5.48. The molecular weight excluding hydrogens is 374 g/mol. The minimum atomic E-state index is -0.988. The Morgan fingerprint density at radius 2 is 1.37 bits per heavy atom. The molecule has 0 saturated carbocycles. The summed E-state index contributed by atoms with van der Waals surface area (Å²) in [6.45, 7) is 0.305.